The summed E-state index contributed by atoms with van der Waals surface area (Å²) < 4.78 is 38.6. The van der Waals surface area contributed by atoms with Crippen molar-refractivity contribution in [3.05, 3.63) is 0 Å². The number of hydrogen-bond acceptors (Lipinski definition) is 1. The van der Waals surface area contributed by atoms with Crippen LogP contribution in [0.1, 0.15) is 51.4 Å². The molecular weight excluding hydrogens is 303 g/mol. The molecule has 1 aliphatic carbocycles. The molecule has 0 aromatic carbocycles. The number of nitrogens with zero attached hydrogens (tertiary/aromatic N) is 1. The second-order valence-corrected chi connectivity index (χ2v) is 6.60. The molecule has 21 heavy (non-hydrogen) atoms. The highest BCUT2D eigenvalue weighted by Gasteiger charge is 2.44. The minimum atomic E-state index is -4.18. The fourth-order valence-electron chi connectivity index (χ4n) is 3.57. The minimum Gasteiger partial charge on any atom is -0.338 e. The van der Waals surface area contributed by atoms with Crippen LogP contribution < -0.4 is 0 Å². The van der Waals surface area contributed by atoms with Crippen LogP contribution in [0.2, 0.25) is 0 Å². The lowest BCUT2D eigenvalue weighted by atomic mass is 9.80. The van der Waals surface area contributed by atoms with E-state index in [4.69, 9.17) is 11.6 Å². The molecule has 6 heteroatoms. The first-order chi connectivity index (χ1) is 9.93. The van der Waals surface area contributed by atoms with Gasteiger partial charge in [0.05, 0.1) is 5.92 Å². The lowest BCUT2D eigenvalue weighted by Crippen LogP contribution is -2.46. The van der Waals surface area contributed by atoms with E-state index in [9.17, 15) is 18.0 Å². The average molecular weight is 326 g/mol. The van der Waals surface area contributed by atoms with Crippen LogP contribution in [0.3, 0.4) is 0 Å². The second-order valence-electron chi connectivity index (χ2n) is 6.29. The fraction of sp³-hybridized carbons (Fsp3) is 0.933. The highest BCUT2D eigenvalue weighted by Crippen LogP contribution is 2.40. The van der Waals surface area contributed by atoms with E-state index in [2.05, 4.69) is 0 Å². The Bertz CT molecular complexity index is 361. The van der Waals surface area contributed by atoms with Gasteiger partial charge in [-0.05, 0) is 32.1 Å². The van der Waals surface area contributed by atoms with Crippen LogP contribution in [0.15, 0.2) is 0 Å². The van der Waals surface area contributed by atoms with Crippen LogP contribution in [-0.4, -0.2) is 35.4 Å². The van der Waals surface area contributed by atoms with Crippen molar-refractivity contribution >= 4 is 17.5 Å². The Hall–Kier alpha value is -0.450. The van der Waals surface area contributed by atoms with Gasteiger partial charge < -0.3 is 4.90 Å². The number of carbonyl (C=O) groups is 1. The van der Waals surface area contributed by atoms with Crippen LogP contribution in [0, 0.1) is 11.8 Å². The van der Waals surface area contributed by atoms with E-state index in [1.165, 1.54) is 0 Å². The first kappa shape index (κ1) is 16.9. The highest BCUT2D eigenvalue weighted by atomic mass is 35.5. The van der Waals surface area contributed by atoms with Crippen molar-refractivity contribution in [2.45, 2.75) is 63.6 Å². The standard InChI is InChI=1S/C15H23ClF3NO/c16-10-13-7-2-1-3-8-20(13)14(21)11-5-4-6-12(9-11)15(17,18)19/h11-13H,1-10H2. The molecule has 0 bridgehead atoms. The summed E-state index contributed by atoms with van der Waals surface area (Å²) in [4.78, 5) is 14.4. The summed E-state index contributed by atoms with van der Waals surface area (Å²) in [5.41, 5.74) is 0. The number of rotatable bonds is 2. The predicted molar refractivity (Wildman–Crippen MR) is 76.2 cm³/mol. The number of alkyl halides is 4. The molecule has 3 atom stereocenters. The third-order valence-corrected chi connectivity index (χ3v) is 5.18. The number of likely N-dealkylation sites (tertiary alicyclic amines) is 1. The summed E-state index contributed by atoms with van der Waals surface area (Å²) in [5, 5.41) is 0. The summed E-state index contributed by atoms with van der Waals surface area (Å²) in [7, 11) is 0. The molecule has 1 aliphatic heterocycles. The number of halogens is 4. The monoisotopic (exact) mass is 325 g/mol. The van der Waals surface area contributed by atoms with E-state index in [0.29, 0.717) is 25.3 Å². The Morgan fingerprint density at radius 1 is 1.10 bits per heavy atom. The molecule has 0 N–H and O–H groups in total. The Morgan fingerprint density at radius 2 is 1.86 bits per heavy atom. The SMILES string of the molecule is O=C(C1CCCC(C(F)(F)F)C1)N1CCCCCC1CCl. The molecule has 2 fully saturated rings. The van der Waals surface area contributed by atoms with Gasteiger partial charge in [-0.3, -0.25) is 4.79 Å². The molecule has 0 aromatic heterocycles. The van der Waals surface area contributed by atoms with E-state index in [0.717, 1.165) is 25.7 Å². The van der Waals surface area contributed by atoms with E-state index in [-0.39, 0.29) is 24.8 Å². The van der Waals surface area contributed by atoms with Gasteiger partial charge in [-0.15, -0.1) is 11.6 Å². The third kappa shape index (κ3) is 4.27. The zero-order chi connectivity index (χ0) is 15.5. The molecule has 1 saturated carbocycles. The Balaban J connectivity index is 2.03. The van der Waals surface area contributed by atoms with E-state index in [1.807, 2.05) is 0 Å². The molecule has 0 aromatic rings. The molecule has 0 spiro atoms. The van der Waals surface area contributed by atoms with Crippen LogP contribution in [0.4, 0.5) is 13.2 Å². The van der Waals surface area contributed by atoms with Crippen LogP contribution in [0.25, 0.3) is 0 Å². The van der Waals surface area contributed by atoms with Gasteiger partial charge in [0.25, 0.3) is 0 Å². The quantitative estimate of drug-likeness (QED) is 0.691. The summed E-state index contributed by atoms with van der Waals surface area (Å²) in [5.74, 6) is -1.52. The Morgan fingerprint density at radius 3 is 2.52 bits per heavy atom. The van der Waals surface area contributed by atoms with Crippen molar-refractivity contribution in [2.24, 2.45) is 11.8 Å². The topological polar surface area (TPSA) is 20.3 Å². The molecule has 1 saturated heterocycles. The van der Waals surface area contributed by atoms with Gasteiger partial charge in [0, 0.05) is 24.4 Å². The van der Waals surface area contributed by atoms with Gasteiger partial charge in [0.2, 0.25) is 5.91 Å². The maximum atomic E-state index is 12.9. The molecule has 0 radical (unpaired) electrons. The van der Waals surface area contributed by atoms with Gasteiger partial charge in [-0.2, -0.15) is 13.2 Å². The van der Waals surface area contributed by atoms with E-state index < -0.39 is 18.0 Å². The number of amides is 1. The van der Waals surface area contributed by atoms with Gasteiger partial charge in [0.15, 0.2) is 0 Å². The maximum Gasteiger partial charge on any atom is 0.391 e. The number of hydrogen-bond donors (Lipinski definition) is 0. The molecule has 2 rings (SSSR count). The Kier molecular flexibility index (Phi) is 5.81. The first-order valence-electron chi connectivity index (χ1n) is 7.86. The first-order valence-corrected chi connectivity index (χ1v) is 8.40. The maximum absolute atomic E-state index is 12.9. The summed E-state index contributed by atoms with van der Waals surface area (Å²) in [6, 6.07) is -0.00655. The van der Waals surface area contributed by atoms with Gasteiger partial charge >= 0.3 is 6.18 Å². The Labute approximate surface area is 129 Å². The average Bonchev–Trinajstić information content (AvgIpc) is 2.70. The zero-order valence-electron chi connectivity index (χ0n) is 12.2. The molecule has 122 valence electrons. The van der Waals surface area contributed by atoms with Crippen LogP contribution >= 0.6 is 11.6 Å². The fourth-order valence-corrected chi connectivity index (χ4v) is 3.89. The van der Waals surface area contributed by atoms with Crippen molar-refractivity contribution in [1.29, 1.82) is 0 Å². The van der Waals surface area contributed by atoms with E-state index >= 15 is 0 Å². The van der Waals surface area contributed by atoms with E-state index in [1.54, 1.807) is 4.90 Å². The third-order valence-electron chi connectivity index (χ3n) is 4.82. The normalized spacial score (nSPS) is 31.8. The van der Waals surface area contributed by atoms with Crippen LogP contribution in [-0.2, 0) is 4.79 Å². The lowest BCUT2D eigenvalue weighted by Gasteiger charge is -2.36. The van der Waals surface area contributed by atoms with Crippen molar-refractivity contribution in [3.8, 4) is 0 Å². The van der Waals surface area contributed by atoms with Crippen LogP contribution in [0.5, 0.6) is 0 Å². The lowest BCUT2D eigenvalue weighted by molar-refractivity contribution is -0.187. The summed E-state index contributed by atoms with van der Waals surface area (Å²) in [6.07, 6.45) is 0.893. The van der Waals surface area contributed by atoms with Gasteiger partial charge in [-0.1, -0.05) is 19.3 Å². The van der Waals surface area contributed by atoms with Crippen molar-refractivity contribution in [3.63, 3.8) is 0 Å². The molecule has 1 heterocycles. The summed E-state index contributed by atoms with van der Waals surface area (Å²) >= 11 is 5.96. The predicted octanol–water partition coefficient (Wildman–Crippen LogP) is 4.37. The molecule has 2 aliphatic rings. The number of carbonyl (C=O) groups excluding carboxylic acids is 1. The molecule has 2 nitrogen and oxygen atoms in total. The van der Waals surface area contributed by atoms with Crippen molar-refractivity contribution in [1.82, 2.24) is 4.90 Å². The van der Waals surface area contributed by atoms with Gasteiger partial charge in [-0.25, -0.2) is 0 Å². The molecule has 3 unspecified atom stereocenters. The largest absolute Gasteiger partial charge is 0.391 e. The summed E-state index contributed by atoms with van der Waals surface area (Å²) in [6.45, 7) is 0.642. The second kappa shape index (κ2) is 7.21. The zero-order valence-corrected chi connectivity index (χ0v) is 12.9. The molecule has 1 amide bonds. The van der Waals surface area contributed by atoms with Gasteiger partial charge in [0.1, 0.15) is 0 Å². The smallest absolute Gasteiger partial charge is 0.338 e. The van der Waals surface area contributed by atoms with Crippen molar-refractivity contribution in [2.75, 3.05) is 12.4 Å². The molecular formula is C15H23ClF3NO. The van der Waals surface area contributed by atoms with Crippen molar-refractivity contribution < 1.29 is 18.0 Å². The minimum absolute atomic E-state index is 0.00655. The highest BCUT2D eigenvalue weighted by molar-refractivity contribution is 6.18.